The number of rotatable bonds is 0. The molecule has 1 aromatic heterocycles. The van der Waals surface area contributed by atoms with E-state index in [1.165, 1.54) is 6.33 Å². The molecule has 2 heterocycles. The van der Waals surface area contributed by atoms with Gasteiger partial charge in [-0.1, -0.05) is 11.6 Å². The summed E-state index contributed by atoms with van der Waals surface area (Å²) >= 11 is 5.16. The second-order valence-corrected chi connectivity index (χ2v) is 5.30. The van der Waals surface area contributed by atoms with Gasteiger partial charge in [0.15, 0.2) is 4.90 Å². The zero-order valence-corrected chi connectivity index (χ0v) is 9.31. The molecule has 1 aliphatic heterocycles. The van der Waals surface area contributed by atoms with E-state index < -0.39 is 11.2 Å². The van der Waals surface area contributed by atoms with Crippen molar-refractivity contribution in [3.8, 4) is 0 Å². The van der Waals surface area contributed by atoms with Crippen LogP contribution in [0.5, 0.6) is 0 Å². The summed E-state index contributed by atoms with van der Waals surface area (Å²) in [7, 11) is 0. The van der Waals surface area contributed by atoms with E-state index in [0.717, 1.165) is 27.8 Å². The van der Waals surface area contributed by atoms with E-state index >= 15 is 0 Å². The second-order valence-electron chi connectivity index (χ2n) is 3.40. The van der Waals surface area contributed by atoms with Crippen LogP contribution in [0, 0.1) is 0 Å². The number of hydrogen-bond acceptors (Lipinski definition) is 3. The van der Waals surface area contributed by atoms with Gasteiger partial charge in [-0.3, -0.25) is 0 Å². The first kappa shape index (κ1) is 9.39. The van der Waals surface area contributed by atoms with Gasteiger partial charge in [-0.15, -0.1) is 0 Å². The first-order chi connectivity index (χ1) is 7.27. The van der Waals surface area contributed by atoms with Gasteiger partial charge in [-0.05, 0) is 23.3 Å². The van der Waals surface area contributed by atoms with E-state index in [1.807, 2.05) is 12.1 Å². The molecule has 0 fully saturated rings. The fourth-order valence-electron chi connectivity index (χ4n) is 1.93. The SMILES string of the molecule is [O-][S+]1CCc2c1ccc1ncnc(Cl)c21. The minimum absolute atomic E-state index is 0.454. The molecular weight excluding hydrogens is 232 g/mol. The molecule has 15 heavy (non-hydrogen) atoms. The quantitative estimate of drug-likeness (QED) is 0.521. The van der Waals surface area contributed by atoms with Gasteiger partial charge in [0.25, 0.3) is 0 Å². The van der Waals surface area contributed by atoms with Crippen molar-refractivity contribution >= 4 is 33.7 Å². The van der Waals surface area contributed by atoms with Crippen molar-refractivity contribution in [3.63, 3.8) is 0 Å². The third-order valence-electron chi connectivity index (χ3n) is 2.60. The van der Waals surface area contributed by atoms with Crippen LogP contribution in [0.2, 0.25) is 5.15 Å². The Morgan fingerprint density at radius 2 is 2.20 bits per heavy atom. The molecule has 0 radical (unpaired) electrons. The molecule has 2 aromatic rings. The zero-order chi connectivity index (χ0) is 10.4. The summed E-state index contributed by atoms with van der Waals surface area (Å²) in [5, 5.41) is 1.32. The van der Waals surface area contributed by atoms with Gasteiger partial charge in [0.1, 0.15) is 17.2 Å². The van der Waals surface area contributed by atoms with E-state index in [-0.39, 0.29) is 0 Å². The van der Waals surface area contributed by atoms with Gasteiger partial charge >= 0.3 is 0 Å². The molecule has 3 nitrogen and oxygen atoms in total. The summed E-state index contributed by atoms with van der Waals surface area (Å²) in [6, 6.07) is 3.73. The highest BCUT2D eigenvalue weighted by Crippen LogP contribution is 2.34. The highest BCUT2D eigenvalue weighted by atomic mass is 35.5. The number of fused-ring (bicyclic) bond motifs is 3. The van der Waals surface area contributed by atoms with Crippen LogP contribution in [0.1, 0.15) is 5.56 Å². The van der Waals surface area contributed by atoms with E-state index in [9.17, 15) is 4.55 Å². The molecule has 76 valence electrons. The Morgan fingerprint density at radius 3 is 3.07 bits per heavy atom. The molecule has 5 heteroatoms. The van der Waals surface area contributed by atoms with Crippen molar-refractivity contribution in [2.24, 2.45) is 0 Å². The van der Waals surface area contributed by atoms with Crippen molar-refractivity contribution < 1.29 is 4.55 Å². The van der Waals surface area contributed by atoms with Gasteiger partial charge in [0.2, 0.25) is 0 Å². The second kappa shape index (κ2) is 3.33. The lowest BCUT2D eigenvalue weighted by Gasteiger charge is -2.05. The summed E-state index contributed by atoms with van der Waals surface area (Å²) in [4.78, 5) is 9.00. The van der Waals surface area contributed by atoms with Crippen LogP contribution in [0.15, 0.2) is 23.4 Å². The third kappa shape index (κ3) is 1.33. The van der Waals surface area contributed by atoms with Crippen molar-refractivity contribution in [1.82, 2.24) is 9.97 Å². The molecule has 0 saturated heterocycles. The summed E-state index contributed by atoms with van der Waals surface area (Å²) in [5.41, 5.74) is 1.88. The molecule has 1 aromatic carbocycles. The van der Waals surface area contributed by atoms with Crippen LogP contribution in [0.4, 0.5) is 0 Å². The summed E-state index contributed by atoms with van der Waals surface area (Å²) in [5.74, 6) is 0.680. The number of benzene rings is 1. The van der Waals surface area contributed by atoms with E-state index in [4.69, 9.17) is 11.6 Å². The maximum Gasteiger partial charge on any atom is 0.156 e. The molecule has 1 aliphatic rings. The highest BCUT2D eigenvalue weighted by molar-refractivity contribution is 7.91. The maximum atomic E-state index is 11.6. The van der Waals surface area contributed by atoms with Crippen molar-refractivity contribution in [3.05, 3.63) is 29.2 Å². The Kier molecular flexibility index (Phi) is 2.09. The first-order valence-electron chi connectivity index (χ1n) is 4.58. The number of aromatic nitrogens is 2. The fourth-order valence-corrected chi connectivity index (χ4v) is 3.49. The van der Waals surface area contributed by atoms with Crippen LogP contribution in [0.3, 0.4) is 0 Å². The van der Waals surface area contributed by atoms with Gasteiger partial charge in [-0.25, -0.2) is 9.97 Å². The molecule has 3 rings (SSSR count). The zero-order valence-electron chi connectivity index (χ0n) is 7.74. The van der Waals surface area contributed by atoms with Crippen LogP contribution in [0.25, 0.3) is 10.9 Å². The van der Waals surface area contributed by atoms with Crippen LogP contribution >= 0.6 is 11.6 Å². The van der Waals surface area contributed by atoms with Crippen molar-refractivity contribution in [2.75, 3.05) is 5.75 Å². The van der Waals surface area contributed by atoms with Gasteiger partial charge in [-0.2, -0.15) is 0 Å². The van der Waals surface area contributed by atoms with E-state index in [2.05, 4.69) is 9.97 Å². The lowest BCUT2D eigenvalue weighted by atomic mass is 10.1. The van der Waals surface area contributed by atoms with E-state index in [0.29, 0.717) is 10.9 Å². The molecular formula is C10H7ClN2OS. The first-order valence-corrected chi connectivity index (χ1v) is 6.27. The maximum absolute atomic E-state index is 11.6. The van der Waals surface area contributed by atoms with Crippen molar-refractivity contribution in [1.29, 1.82) is 0 Å². The van der Waals surface area contributed by atoms with E-state index in [1.54, 1.807) is 0 Å². The minimum Gasteiger partial charge on any atom is -0.611 e. The monoisotopic (exact) mass is 238 g/mol. The third-order valence-corrected chi connectivity index (χ3v) is 4.34. The lowest BCUT2D eigenvalue weighted by molar-refractivity contribution is 0.599. The lowest BCUT2D eigenvalue weighted by Crippen LogP contribution is -1.98. The average molecular weight is 239 g/mol. The number of aryl methyl sites for hydroxylation is 1. The molecule has 0 amide bonds. The molecule has 0 bridgehead atoms. The number of halogens is 1. The Morgan fingerprint density at radius 1 is 1.33 bits per heavy atom. The largest absolute Gasteiger partial charge is 0.611 e. The standard InChI is InChI=1S/C10H7ClN2OS/c11-10-9-6-3-4-15(14)8(6)2-1-7(9)12-5-13-10/h1-2,5H,3-4H2. The molecule has 0 saturated carbocycles. The van der Waals surface area contributed by atoms with Gasteiger partial charge in [0.05, 0.1) is 5.52 Å². The molecule has 0 spiro atoms. The summed E-state index contributed by atoms with van der Waals surface area (Å²) in [6.45, 7) is 0. The molecule has 0 aliphatic carbocycles. The van der Waals surface area contributed by atoms with Gasteiger partial charge in [0, 0.05) is 17.4 Å². The Balaban J connectivity index is 2.43. The Labute approximate surface area is 94.7 Å². The minimum atomic E-state index is -0.876. The number of hydrogen-bond donors (Lipinski definition) is 0. The Bertz CT molecular complexity index is 546. The van der Waals surface area contributed by atoms with Crippen molar-refractivity contribution in [2.45, 2.75) is 11.3 Å². The Hall–Kier alpha value is -0.840. The summed E-state index contributed by atoms with van der Waals surface area (Å²) < 4.78 is 11.6. The van der Waals surface area contributed by atoms with Crippen LogP contribution < -0.4 is 0 Å². The predicted molar refractivity (Wildman–Crippen MR) is 59.5 cm³/mol. The molecule has 1 unspecified atom stereocenters. The number of nitrogens with zero attached hydrogens (tertiary/aromatic N) is 2. The van der Waals surface area contributed by atoms with Crippen LogP contribution in [-0.2, 0) is 17.6 Å². The smallest absolute Gasteiger partial charge is 0.156 e. The highest BCUT2D eigenvalue weighted by Gasteiger charge is 2.27. The molecule has 1 atom stereocenters. The van der Waals surface area contributed by atoms with Gasteiger partial charge < -0.3 is 4.55 Å². The van der Waals surface area contributed by atoms with Crippen LogP contribution in [-0.4, -0.2) is 20.3 Å². The topological polar surface area (TPSA) is 48.8 Å². The predicted octanol–water partition coefficient (Wildman–Crippen LogP) is 1.95. The molecule has 0 N–H and O–H groups in total. The fraction of sp³-hybridized carbons (Fsp3) is 0.200. The summed E-state index contributed by atoms with van der Waals surface area (Å²) in [6.07, 6.45) is 2.25. The normalized spacial score (nSPS) is 19.5. The average Bonchev–Trinajstić information content (AvgIpc) is 2.61.